The molecule has 1 rings (SSSR count). The van der Waals surface area contributed by atoms with E-state index in [1.54, 1.807) is 6.07 Å². The normalized spacial score (nSPS) is 17.1. The Morgan fingerprint density at radius 2 is 1.95 bits per heavy atom. The molecule has 0 saturated carbocycles. The number of hydrogen-bond acceptors (Lipinski definition) is 2. The average molecular weight is 287 g/mol. The minimum atomic E-state index is -2.68. The van der Waals surface area contributed by atoms with E-state index in [1.165, 1.54) is 39.2 Å². The van der Waals surface area contributed by atoms with E-state index in [1.807, 2.05) is 0 Å². The summed E-state index contributed by atoms with van der Waals surface area (Å²) >= 11 is 0. The Labute approximate surface area is 115 Å². The molecule has 0 amide bonds. The summed E-state index contributed by atoms with van der Waals surface area (Å²) in [5.74, 6) is -1.86. The molecule has 20 heavy (non-hydrogen) atoms. The van der Waals surface area contributed by atoms with E-state index in [-0.39, 0.29) is 5.56 Å². The number of nitrogens with zero attached hydrogens (tertiary/aromatic N) is 3. The van der Waals surface area contributed by atoms with Gasteiger partial charge in [0.1, 0.15) is 11.4 Å². The molecular weight excluding hydrogens is 271 g/mol. The summed E-state index contributed by atoms with van der Waals surface area (Å²) < 4.78 is 44.9. The minimum Gasteiger partial charge on any atom is -0.380 e. The highest BCUT2D eigenvalue weighted by Gasteiger charge is 2.43. The van der Waals surface area contributed by atoms with E-state index in [4.69, 9.17) is 10.3 Å². The minimum absolute atomic E-state index is 0.0251. The average Bonchev–Trinajstić information content (AvgIpc) is 2.39. The topological polar surface area (TPSA) is 58.0 Å². The molecule has 0 aromatic heterocycles. The first-order valence-corrected chi connectivity index (χ1v) is 6.00. The summed E-state index contributed by atoms with van der Waals surface area (Å²) in [6.07, 6.45) is -3.84. The van der Waals surface area contributed by atoms with Crippen LogP contribution in [0.15, 0.2) is 29.4 Å². The molecule has 0 fully saturated rings. The van der Waals surface area contributed by atoms with Gasteiger partial charge in [0.05, 0.1) is 6.10 Å². The first-order chi connectivity index (χ1) is 9.38. The van der Waals surface area contributed by atoms with Crippen LogP contribution in [0.25, 0.3) is 10.4 Å². The fourth-order valence-corrected chi connectivity index (χ4v) is 2.32. The van der Waals surface area contributed by atoms with Crippen LogP contribution in [0.2, 0.25) is 0 Å². The van der Waals surface area contributed by atoms with Crippen LogP contribution in [-0.4, -0.2) is 19.6 Å². The molecule has 0 aliphatic heterocycles. The maximum Gasteiger partial charge on any atom is 0.243 e. The Bertz CT molecular complexity index is 505. The number of hydrogen-bond donors (Lipinski definition) is 0. The van der Waals surface area contributed by atoms with Gasteiger partial charge in [0.2, 0.25) is 6.43 Å². The molecule has 0 N–H and O–H groups in total. The van der Waals surface area contributed by atoms with Gasteiger partial charge in [-0.15, -0.1) is 0 Å². The lowest BCUT2D eigenvalue weighted by molar-refractivity contribution is -0.0583. The van der Waals surface area contributed by atoms with Crippen LogP contribution in [0, 0.1) is 11.7 Å². The zero-order valence-electron chi connectivity index (χ0n) is 11.4. The monoisotopic (exact) mass is 287 g/mol. The van der Waals surface area contributed by atoms with Crippen LogP contribution < -0.4 is 0 Å². The van der Waals surface area contributed by atoms with E-state index in [9.17, 15) is 13.2 Å². The fraction of sp³-hybridized carbons (Fsp3) is 0.538. The van der Waals surface area contributed by atoms with Gasteiger partial charge in [-0.1, -0.05) is 30.2 Å². The van der Waals surface area contributed by atoms with Crippen LogP contribution in [-0.2, 0) is 10.3 Å². The quantitative estimate of drug-likeness (QED) is 0.438. The molecule has 0 aliphatic rings. The Morgan fingerprint density at radius 3 is 2.40 bits per heavy atom. The van der Waals surface area contributed by atoms with Crippen LogP contribution >= 0.6 is 0 Å². The Kier molecular flexibility index (Phi) is 5.42. The van der Waals surface area contributed by atoms with Crippen molar-refractivity contribution in [1.82, 2.24) is 0 Å². The van der Waals surface area contributed by atoms with E-state index in [0.717, 1.165) is 0 Å². The van der Waals surface area contributed by atoms with Crippen molar-refractivity contribution < 1.29 is 17.9 Å². The first kappa shape index (κ1) is 16.3. The predicted molar refractivity (Wildman–Crippen MR) is 68.9 cm³/mol. The number of halogens is 3. The van der Waals surface area contributed by atoms with Crippen molar-refractivity contribution in [3.63, 3.8) is 0 Å². The Hall–Kier alpha value is -1.72. The summed E-state index contributed by atoms with van der Waals surface area (Å²) in [5.41, 5.74) is 7.17. The van der Waals surface area contributed by atoms with Gasteiger partial charge in [-0.05, 0) is 18.5 Å². The summed E-state index contributed by atoms with van der Waals surface area (Å²) in [6.45, 7) is 2.66. The summed E-state index contributed by atoms with van der Waals surface area (Å²) in [5, 5.41) is 3.54. The van der Waals surface area contributed by atoms with Crippen molar-refractivity contribution in [3.05, 3.63) is 46.1 Å². The van der Waals surface area contributed by atoms with Crippen LogP contribution in [0.5, 0.6) is 0 Å². The molecule has 4 nitrogen and oxygen atoms in total. The molecule has 1 aromatic rings. The third kappa shape index (κ3) is 3.05. The predicted octanol–water partition coefficient (Wildman–Crippen LogP) is 4.27. The first-order valence-electron chi connectivity index (χ1n) is 6.00. The molecule has 0 radical (unpaired) electrons. The van der Waals surface area contributed by atoms with Crippen LogP contribution in [0.3, 0.4) is 0 Å². The largest absolute Gasteiger partial charge is 0.380 e. The van der Waals surface area contributed by atoms with Crippen molar-refractivity contribution in [2.45, 2.75) is 31.9 Å². The van der Waals surface area contributed by atoms with Gasteiger partial charge in [0.15, 0.2) is 0 Å². The molecule has 0 spiro atoms. The zero-order valence-corrected chi connectivity index (χ0v) is 11.4. The van der Waals surface area contributed by atoms with Crippen LogP contribution in [0.4, 0.5) is 13.2 Å². The van der Waals surface area contributed by atoms with Gasteiger partial charge in [-0.2, -0.15) is 0 Å². The zero-order chi connectivity index (χ0) is 15.3. The standard InChI is InChI=1S/C13H16F3N3O/c1-8(12(15)16)11(20-3)13(2,18-19-17)9-6-4-5-7-10(9)14/h4-8,11-12H,1-3H3/t8-,11-,13+/m0/s1. The summed E-state index contributed by atoms with van der Waals surface area (Å²) in [4.78, 5) is 2.67. The van der Waals surface area contributed by atoms with E-state index in [0.29, 0.717) is 0 Å². The Balaban J connectivity index is 3.41. The number of methoxy groups -OCH3 is 1. The van der Waals surface area contributed by atoms with E-state index >= 15 is 0 Å². The SMILES string of the molecule is CO[C@@H]([C@H](C)C(F)F)[C@](C)(N=[N+]=[N-])c1ccccc1F. The number of benzene rings is 1. The number of azide groups is 1. The van der Waals surface area contributed by atoms with Crippen molar-refractivity contribution in [2.75, 3.05) is 7.11 Å². The van der Waals surface area contributed by atoms with Gasteiger partial charge >= 0.3 is 0 Å². The fourth-order valence-electron chi connectivity index (χ4n) is 2.32. The van der Waals surface area contributed by atoms with Gasteiger partial charge in [0.25, 0.3) is 0 Å². The second kappa shape index (κ2) is 6.63. The lowest BCUT2D eigenvalue weighted by Gasteiger charge is -2.36. The molecule has 0 aliphatic carbocycles. The molecule has 110 valence electrons. The maximum absolute atomic E-state index is 13.9. The number of alkyl halides is 2. The molecule has 0 unspecified atom stereocenters. The van der Waals surface area contributed by atoms with E-state index in [2.05, 4.69) is 10.0 Å². The number of rotatable bonds is 6. The highest BCUT2D eigenvalue weighted by molar-refractivity contribution is 5.28. The van der Waals surface area contributed by atoms with Gasteiger partial charge in [-0.3, -0.25) is 0 Å². The molecule has 3 atom stereocenters. The second-order valence-corrected chi connectivity index (χ2v) is 4.67. The lowest BCUT2D eigenvalue weighted by atomic mass is 9.81. The highest BCUT2D eigenvalue weighted by Crippen LogP contribution is 2.38. The summed E-state index contributed by atoms with van der Waals surface area (Å²) in [7, 11) is 1.23. The second-order valence-electron chi connectivity index (χ2n) is 4.67. The van der Waals surface area contributed by atoms with Gasteiger partial charge < -0.3 is 4.74 Å². The molecule has 7 heteroatoms. The number of ether oxygens (including phenoxy) is 1. The molecule has 0 heterocycles. The van der Waals surface area contributed by atoms with Crippen LogP contribution in [0.1, 0.15) is 19.4 Å². The van der Waals surface area contributed by atoms with Crippen molar-refractivity contribution >= 4 is 0 Å². The smallest absolute Gasteiger partial charge is 0.243 e. The maximum atomic E-state index is 13.9. The van der Waals surface area contributed by atoms with Gasteiger partial charge in [-0.25, -0.2) is 13.2 Å². The molecule has 1 aromatic carbocycles. The van der Waals surface area contributed by atoms with E-state index < -0.39 is 29.8 Å². The van der Waals surface area contributed by atoms with Crippen molar-refractivity contribution in [1.29, 1.82) is 0 Å². The lowest BCUT2D eigenvalue weighted by Crippen LogP contribution is -2.43. The van der Waals surface area contributed by atoms with Gasteiger partial charge in [0, 0.05) is 23.5 Å². The summed E-state index contributed by atoms with van der Waals surface area (Å²) in [6, 6.07) is 5.59. The molecule has 0 saturated heterocycles. The third-order valence-corrected chi connectivity index (χ3v) is 3.35. The molecule has 0 bridgehead atoms. The van der Waals surface area contributed by atoms with Crippen molar-refractivity contribution in [3.8, 4) is 0 Å². The third-order valence-electron chi connectivity index (χ3n) is 3.35. The van der Waals surface area contributed by atoms with Crippen molar-refractivity contribution in [2.24, 2.45) is 11.0 Å². The Morgan fingerprint density at radius 1 is 1.35 bits per heavy atom. The molecular formula is C13H16F3N3O. The highest BCUT2D eigenvalue weighted by atomic mass is 19.3.